The van der Waals surface area contributed by atoms with Crippen LogP contribution in [0.25, 0.3) is 28.2 Å². The SMILES string of the molecule is CCS(=O)(=O)c1cccc(-c2ccc(-n3ccnc3-c3c(C)cccc3Cl)c(F)c2)c1. The van der Waals surface area contributed by atoms with Gasteiger partial charge in [-0.05, 0) is 53.9 Å². The summed E-state index contributed by atoms with van der Waals surface area (Å²) in [5.74, 6) is 0.102. The Hall–Kier alpha value is -2.96. The fourth-order valence-electron chi connectivity index (χ4n) is 3.52. The van der Waals surface area contributed by atoms with Gasteiger partial charge in [0.15, 0.2) is 9.84 Å². The van der Waals surface area contributed by atoms with Crippen LogP contribution >= 0.6 is 11.6 Å². The molecule has 4 rings (SSSR count). The number of benzene rings is 3. The van der Waals surface area contributed by atoms with E-state index in [2.05, 4.69) is 4.98 Å². The lowest BCUT2D eigenvalue weighted by Crippen LogP contribution is -2.03. The fourth-order valence-corrected chi connectivity index (χ4v) is 4.75. The van der Waals surface area contributed by atoms with Gasteiger partial charge in [-0.25, -0.2) is 17.8 Å². The van der Waals surface area contributed by atoms with E-state index in [1.54, 1.807) is 66.3 Å². The third kappa shape index (κ3) is 4.01. The number of aromatic nitrogens is 2. The molecule has 0 radical (unpaired) electrons. The number of hydrogen-bond donors (Lipinski definition) is 0. The monoisotopic (exact) mass is 454 g/mol. The van der Waals surface area contributed by atoms with Crippen molar-refractivity contribution in [2.75, 3.05) is 5.75 Å². The molecule has 0 saturated heterocycles. The van der Waals surface area contributed by atoms with Crippen LogP contribution in [-0.4, -0.2) is 23.7 Å². The van der Waals surface area contributed by atoms with E-state index in [0.717, 1.165) is 11.1 Å². The van der Waals surface area contributed by atoms with E-state index in [-0.39, 0.29) is 10.6 Å². The number of rotatable bonds is 5. The number of aryl methyl sites for hydroxylation is 1. The second-order valence-electron chi connectivity index (χ2n) is 7.15. The highest BCUT2D eigenvalue weighted by molar-refractivity contribution is 7.91. The molecule has 0 atom stereocenters. The second kappa shape index (κ2) is 8.29. The van der Waals surface area contributed by atoms with E-state index >= 15 is 4.39 Å². The number of imidazole rings is 1. The Morgan fingerprint density at radius 1 is 1.03 bits per heavy atom. The highest BCUT2D eigenvalue weighted by Crippen LogP contribution is 2.33. The molecule has 3 aromatic carbocycles. The maximum Gasteiger partial charge on any atom is 0.178 e. The van der Waals surface area contributed by atoms with E-state index in [9.17, 15) is 8.42 Å². The van der Waals surface area contributed by atoms with Crippen molar-refractivity contribution in [2.24, 2.45) is 0 Å². The van der Waals surface area contributed by atoms with Crippen molar-refractivity contribution in [3.05, 3.63) is 89.5 Å². The fraction of sp³-hybridized carbons (Fsp3) is 0.125. The first-order chi connectivity index (χ1) is 14.8. The van der Waals surface area contributed by atoms with Gasteiger partial charge >= 0.3 is 0 Å². The van der Waals surface area contributed by atoms with Crippen LogP contribution in [0.2, 0.25) is 5.02 Å². The molecule has 0 aliphatic heterocycles. The van der Waals surface area contributed by atoms with Crippen LogP contribution in [0.4, 0.5) is 4.39 Å². The molecule has 0 aliphatic rings. The van der Waals surface area contributed by atoms with Gasteiger partial charge in [0.25, 0.3) is 0 Å². The third-order valence-corrected chi connectivity index (χ3v) is 7.25. The van der Waals surface area contributed by atoms with Crippen molar-refractivity contribution in [1.82, 2.24) is 9.55 Å². The molecule has 4 nitrogen and oxygen atoms in total. The zero-order valence-corrected chi connectivity index (χ0v) is 18.6. The van der Waals surface area contributed by atoms with Crippen molar-refractivity contribution in [1.29, 1.82) is 0 Å². The van der Waals surface area contributed by atoms with Crippen LogP contribution < -0.4 is 0 Å². The smallest absolute Gasteiger partial charge is 0.178 e. The van der Waals surface area contributed by atoms with Crippen molar-refractivity contribution >= 4 is 21.4 Å². The number of nitrogens with zero attached hydrogens (tertiary/aromatic N) is 2. The van der Waals surface area contributed by atoms with Crippen LogP contribution in [0.3, 0.4) is 0 Å². The van der Waals surface area contributed by atoms with E-state index < -0.39 is 15.7 Å². The summed E-state index contributed by atoms with van der Waals surface area (Å²) in [6.45, 7) is 3.52. The molecule has 0 aliphatic carbocycles. The summed E-state index contributed by atoms with van der Waals surface area (Å²) in [7, 11) is -3.35. The van der Waals surface area contributed by atoms with Crippen LogP contribution in [0.15, 0.2) is 78.0 Å². The van der Waals surface area contributed by atoms with E-state index in [1.165, 1.54) is 6.07 Å². The Bertz CT molecular complexity index is 1360. The van der Waals surface area contributed by atoms with E-state index in [4.69, 9.17) is 11.6 Å². The topological polar surface area (TPSA) is 52.0 Å². The molecule has 4 aromatic rings. The first-order valence-electron chi connectivity index (χ1n) is 9.74. The molecule has 0 unspecified atom stereocenters. The van der Waals surface area contributed by atoms with Crippen LogP contribution in [0.5, 0.6) is 0 Å². The van der Waals surface area contributed by atoms with Crippen LogP contribution in [0.1, 0.15) is 12.5 Å². The highest BCUT2D eigenvalue weighted by atomic mass is 35.5. The van der Waals surface area contributed by atoms with E-state index in [0.29, 0.717) is 27.7 Å². The molecule has 158 valence electrons. The lowest BCUT2D eigenvalue weighted by atomic mass is 10.0. The number of sulfone groups is 1. The molecule has 0 spiro atoms. The molecule has 1 aromatic heterocycles. The summed E-state index contributed by atoms with van der Waals surface area (Å²) >= 11 is 6.39. The van der Waals surface area contributed by atoms with Gasteiger partial charge in [-0.2, -0.15) is 0 Å². The Morgan fingerprint density at radius 3 is 2.48 bits per heavy atom. The molecule has 1 heterocycles. The molecule has 31 heavy (non-hydrogen) atoms. The van der Waals surface area contributed by atoms with Crippen molar-refractivity contribution in [2.45, 2.75) is 18.7 Å². The summed E-state index contributed by atoms with van der Waals surface area (Å²) in [5.41, 5.74) is 3.23. The minimum absolute atomic E-state index is 0.00855. The number of halogens is 2. The van der Waals surface area contributed by atoms with Gasteiger partial charge in [-0.15, -0.1) is 0 Å². The molecule has 0 fully saturated rings. The van der Waals surface area contributed by atoms with Crippen molar-refractivity contribution < 1.29 is 12.8 Å². The third-order valence-electron chi connectivity index (χ3n) is 5.20. The average molecular weight is 455 g/mol. The summed E-state index contributed by atoms with van der Waals surface area (Å²) in [6.07, 6.45) is 3.29. The van der Waals surface area contributed by atoms with Gasteiger partial charge in [0.1, 0.15) is 11.6 Å². The zero-order chi connectivity index (χ0) is 22.2. The van der Waals surface area contributed by atoms with E-state index in [1.807, 2.05) is 19.1 Å². The van der Waals surface area contributed by atoms with Gasteiger partial charge in [0.2, 0.25) is 0 Å². The summed E-state index contributed by atoms with van der Waals surface area (Å²) in [6, 6.07) is 16.9. The Morgan fingerprint density at radius 2 is 1.77 bits per heavy atom. The summed E-state index contributed by atoms with van der Waals surface area (Å²) in [5, 5.41) is 0.540. The Kier molecular flexibility index (Phi) is 5.69. The average Bonchev–Trinajstić information content (AvgIpc) is 3.22. The normalized spacial score (nSPS) is 11.6. The van der Waals surface area contributed by atoms with Crippen LogP contribution in [-0.2, 0) is 9.84 Å². The summed E-state index contributed by atoms with van der Waals surface area (Å²) < 4.78 is 41.2. The Labute approximate surface area is 185 Å². The molecule has 0 bridgehead atoms. The lowest BCUT2D eigenvalue weighted by molar-refractivity contribution is 0.597. The first-order valence-corrected chi connectivity index (χ1v) is 11.8. The predicted molar refractivity (Wildman–Crippen MR) is 122 cm³/mol. The largest absolute Gasteiger partial charge is 0.297 e. The maximum absolute atomic E-state index is 15.2. The Balaban J connectivity index is 1.78. The minimum atomic E-state index is -3.35. The van der Waals surface area contributed by atoms with Gasteiger partial charge in [-0.1, -0.05) is 48.9 Å². The van der Waals surface area contributed by atoms with Crippen LogP contribution in [0, 0.1) is 12.7 Å². The lowest BCUT2D eigenvalue weighted by Gasteiger charge is -2.13. The van der Waals surface area contributed by atoms with Crippen molar-refractivity contribution in [3.63, 3.8) is 0 Å². The van der Waals surface area contributed by atoms with Gasteiger partial charge in [-0.3, -0.25) is 4.57 Å². The maximum atomic E-state index is 15.2. The predicted octanol–water partition coefficient (Wildman–Crippen LogP) is 6.10. The standard InChI is InChI=1S/C24H20ClFN2O2S/c1-3-31(29,30)19-8-5-7-17(14-19)18-10-11-22(21(26)15-18)28-13-12-27-24(28)23-16(2)6-4-9-20(23)25/h4-15H,3H2,1-2H3. The zero-order valence-electron chi connectivity index (χ0n) is 17.0. The first kappa shape index (κ1) is 21.3. The molecule has 7 heteroatoms. The minimum Gasteiger partial charge on any atom is -0.297 e. The van der Waals surface area contributed by atoms with Gasteiger partial charge in [0.05, 0.1) is 21.4 Å². The number of hydrogen-bond acceptors (Lipinski definition) is 3. The second-order valence-corrected chi connectivity index (χ2v) is 9.84. The van der Waals surface area contributed by atoms with Gasteiger partial charge < -0.3 is 0 Å². The quantitative estimate of drug-likeness (QED) is 0.366. The molecular formula is C24H20ClFN2O2S. The molecule has 0 amide bonds. The summed E-state index contributed by atoms with van der Waals surface area (Å²) in [4.78, 5) is 4.62. The van der Waals surface area contributed by atoms with Crippen molar-refractivity contribution in [3.8, 4) is 28.2 Å². The molecule has 0 N–H and O–H groups in total. The molecular weight excluding hydrogens is 435 g/mol. The highest BCUT2D eigenvalue weighted by Gasteiger charge is 2.17. The van der Waals surface area contributed by atoms with Gasteiger partial charge in [0, 0.05) is 18.0 Å². The molecule has 0 saturated carbocycles.